The van der Waals surface area contributed by atoms with Gasteiger partial charge in [0.2, 0.25) is 0 Å². The van der Waals surface area contributed by atoms with Gasteiger partial charge in [0, 0.05) is 17.5 Å². The number of aromatic carboxylic acids is 1. The maximum absolute atomic E-state index is 12.5. The molecule has 0 aromatic carbocycles. The molecular weight excluding hydrogens is 279 g/mol. The summed E-state index contributed by atoms with van der Waals surface area (Å²) in [7, 11) is 0. The quantitative estimate of drug-likeness (QED) is 0.905. The second-order valence-electron chi connectivity index (χ2n) is 4.75. The number of alkyl halides is 3. The minimum atomic E-state index is -4.22. The fraction of sp³-hybridized carbons (Fsp3) is 0.583. The number of hydrogen-bond acceptors (Lipinski definition) is 3. The lowest BCUT2D eigenvalue weighted by Gasteiger charge is -2.23. The van der Waals surface area contributed by atoms with Crippen molar-refractivity contribution < 1.29 is 23.1 Å². The third-order valence-corrected chi connectivity index (χ3v) is 4.13. The molecule has 0 saturated heterocycles. The molecule has 0 atom stereocenters. The van der Waals surface area contributed by atoms with Gasteiger partial charge in [-0.15, -0.1) is 11.3 Å². The van der Waals surface area contributed by atoms with Crippen LogP contribution in [0.2, 0.25) is 0 Å². The Balaban J connectivity index is 2.10. The fourth-order valence-corrected chi connectivity index (χ4v) is 2.86. The predicted octanol–water partition coefficient (Wildman–Crippen LogP) is 3.28. The van der Waals surface area contributed by atoms with E-state index in [1.54, 1.807) is 6.92 Å². The molecule has 1 fully saturated rings. The second kappa shape index (κ2) is 5.13. The first-order valence-corrected chi connectivity index (χ1v) is 6.71. The molecule has 0 spiro atoms. The number of carboxylic acid groups (broad SMARTS) is 1. The molecule has 19 heavy (non-hydrogen) atoms. The van der Waals surface area contributed by atoms with Crippen LogP contribution in [0, 0.1) is 6.92 Å². The number of carbonyl (C=O) groups is 1. The Labute approximate surface area is 112 Å². The van der Waals surface area contributed by atoms with Crippen molar-refractivity contribution >= 4 is 17.3 Å². The van der Waals surface area contributed by atoms with Crippen molar-refractivity contribution in [3.8, 4) is 0 Å². The first-order chi connectivity index (χ1) is 8.76. The minimum absolute atomic E-state index is 0.0193. The molecule has 7 heteroatoms. The molecule has 0 bridgehead atoms. The predicted molar refractivity (Wildman–Crippen MR) is 65.5 cm³/mol. The second-order valence-corrected chi connectivity index (χ2v) is 6.00. The smallest absolute Gasteiger partial charge is 0.401 e. The fourth-order valence-electron chi connectivity index (χ4n) is 1.99. The van der Waals surface area contributed by atoms with Crippen LogP contribution in [0.3, 0.4) is 0 Å². The molecule has 1 heterocycles. The van der Waals surface area contributed by atoms with Gasteiger partial charge in [-0.2, -0.15) is 13.2 Å². The Kier molecular flexibility index (Phi) is 3.87. The van der Waals surface area contributed by atoms with E-state index in [1.165, 1.54) is 11.0 Å². The number of halogens is 3. The third kappa shape index (κ3) is 3.94. The van der Waals surface area contributed by atoms with Gasteiger partial charge in [0.25, 0.3) is 0 Å². The molecular formula is C12H14F3NO2S. The van der Waals surface area contributed by atoms with E-state index in [1.807, 2.05) is 0 Å². The maximum Gasteiger partial charge on any atom is 0.401 e. The number of hydrogen-bond donors (Lipinski definition) is 1. The first-order valence-electron chi connectivity index (χ1n) is 5.89. The zero-order chi connectivity index (χ0) is 14.2. The standard InChI is InChI=1S/C12H14F3NO2S/c1-7-8(4-10(19-7)11(17)18)5-16(9-2-3-9)6-12(13,14)15/h4,9H,2-3,5-6H2,1H3,(H,17,18). The summed E-state index contributed by atoms with van der Waals surface area (Å²) in [4.78, 5) is 13.2. The lowest BCUT2D eigenvalue weighted by Crippen LogP contribution is -2.35. The van der Waals surface area contributed by atoms with Crippen LogP contribution in [0.4, 0.5) is 13.2 Å². The van der Waals surface area contributed by atoms with Gasteiger partial charge in [-0.05, 0) is 31.4 Å². The minimum Gasteiger partial charge on any atom is -0.477 e. The Bertz CT molecular complexity index is 480. The van der Waals surface area contributed by atoms with Crippen molar-refractivity contribution in [3.05, 3.63) is 21.4 Å². The van der Waals surface area contributed by atoms with Gasteiger partial charge in [-0.25, -0.2) is 4.79 Å². The van der Waals surface area contributed by atoms with E-state index in [0.29, 0.717) is 5.56 Å². The summed E-state index contributed by atoms with van der Waals surface area (Å²) in [5, 5.41) is 8.88. The molecule has 106 valence electrons. The highest BCUT2D eigenvalue weighted by atomic mass is 32.1. The van der Waals surface area contributed by atoms with Crippen molar-refractivity contribution in [1.29, 1.82) is 0 Å². The monoisotopic (exact) mass is 293 g/mol. The summed E-state index contributed by atoms with van der Waals surface area (Å²) in [5.74, 6) is -1.03. The van der Waals surface area contributed by atoms with Gasteiger partial charge in [0.1, 0.15) is 4.88 Å². The highest BCUT2D eigenvalue weighted by molar-refractivity contribution is 7.14. The van der Waals surface area contributed by atoms with Gasteiger partial charge >= 0.3 is 12.1 Å². The number of rotatable bonds is 5. The molecule has 2 rings (SSSR count). The van der Waals surface area contributed by atoms with Crippen LogP contribution in [-0.2, 0) is 6.54 Å². The van der Waals surface area contributed by atoms with Crippen LogP contribution >= 0.6 is 11.3 Å². The van der Waals surface area contributed by atoms with Crippen molar-refractivity contribution in [1.82, 2.24) is 4.90 Å². The summed E-state index contributed by atoms with van der Waals surface area (Å²) in [6, 6.07) is 1.46. The summed E-state index contributed by atoms with van der Waals surface area (Å²) in [6.07, 6.45) is -2.65. The van der Waals surface area contributed by atoms with E-state index in [2.05, 4.69) is 0 Å². The van der Waals surface area contributed by atoms with Crippen molar-refractivity contribution in [2.75, 3.05) is 6.54 Å². The summed E-state index contributed by atoms with van der Waals surface area (Å²) in [5.41, 5.74) is 0.679. The summed E-state index contributed by atoms with van der Waals surface area (Å²) >= 11 is 1.11. The molecule has 3 nitrogen and oxygen atoms in total. The van der Waals surface area contributed by atoms with Crippen molar-refractivity contribution in [2.45, 2.75) is 38.5 Å². The van der Waals surface area contributed by atoms with Crippen LogP contribution in [0.5, 0.6) is 0 Å². The molecule has 0 aliphatic heterocycles. The van der Waals surface area contributed by atoms with Crippen LogP contribution in [0.25, 0.3) is 0 Å². The first kappa shape index (κ1) is 14.3. The molecule has 0 amide bonds. The molecule has 1 aliphatic rings. The zero-order valence-electron chi connectivity index (χ0n) is 10.3. The molecule has 1 aromatic heterocycles. The SMILES string of the molecule is Cc1sc(C(=O)O)cc1CN(CC(F)(F)F)C1CC1. The summed E-state index contributed by atoms with van der Waals surface area (Å²) < 4.78 is 37.5. The van der Waals surface area contributed by atoms with E-state index in [9.17, 15) is 18.0 Å². The van der Waals surface area contributed by atoms with Crippen LogP contribution in [0.1, 0.15) is 33.0 Å². The van der Waals surface area contributed by atoms with Crippen molar-refractivity contribution in [3.63, 3.8) is 0 Å². The molecule has 0 unspecified atom stereocenters. The van der Waals surface area contributed by atoms with E-state index in [0.717, 1.165) is 29.1 Å². The maximum atomic E-state index is 12.5. The van der Waals surface area contributed by atoms with E-state index < -0.39 is 18.7 Å². The highest BCUT2D eigenvalue weighted by Crippen LogP contribution is 2.33. The average Bonchev–Trinajstić information content (AvgIpc) is 3.02. The topological polar surface area (TPSA) is 40.5 Å². The molecule has 1 aliphatic carbocycles. The lowest BCUT2D eigenvalue weighted by atomic mass is 10.2. The van der Waals surface area contributed by atoms with Crippen LogP contribution in [0.15, 0.2) is 6.07 Å². The van der Waals surface area contributed by atoms with Gasteiger partial charge in [-0.1, -0.05) is 0 Å². The third-order valence-electron chi connectivity index (χ3n) is 3.05. The molecule has 1 N–H and O–H groups in total. The van der Waals surface area contributed by atoms with Crippen molar-refractivity contribution in [2.24, 2.45) is 0 Å². The van der Waals surface area contributed by atoms with Crippen LogP contribution < -0.4 is 0 Å². The van der Waals surface area contributed by atoms with Gasteiger partial charge < -0.3 is 5.11 Å². The molecule has 1 aromatic rings. The molecule has 0 radical (unpaired) electrons. The number of carboxylic acids is 1. The number of nitrogens with zero attached hydrogens (tertiary/aromatic N) is 1. The largest absolute Gasteiger partial charge is 0.477 e. The Morgan fingerprint density at radius 2 is 2.16 bits per heavy atom. The van der Waals surface area contributed by atoms with Crippen LogP contribution in [-0.4, -0.2) is 34.7 Å². The summed E-state index contributed by atoms with van der Waals surface area (Å²) in [6.45, 7) is 0.972. The van der Waals surface area contributed by atoms with Gasteiger partial charge in [-0.3, -0.25) is 4.90 Å². The lowest BCUT2D eigenvalue weighted by molar-refractivity contribution is -0.148. The van der Waals surface area contributed by atoms with Gasteiger partial charge in [0.15, 0.2) is 0 Å². The molecule has 1 saturated carbocycles. The zero-order valence-corrected chi connectivity index (χ0v) is 11.1. The van der Waals surface area contributed by atoms with Gasteiger partial charge in [0.05, 0.1) is 6.54 Å². The Hall–Kier alpha value is -1.08. The average molecular weight is 293 g/mol. The number of thiophene rings is 1. The number of aryl methyl sites for hydroxylation is 1. The Morgan fingerprint density at radius 1 is 1.53 bits per heavy atom. The Morgan fingerprint density at radius 3 is 2.58 bits per heavy atom. The van der Waals surface area contributed by atoms with E-state index >= 15 is 0 Å². The van der Waals surface area contributed by atoms with E-state index in [-0.39, 0.29) is 17.5 Å². The van der Waals surface area contributed by atoms with E-state index in [4.69, 9.17) is 5.11 Å². The normalized spacial score (nSPS) is 16.1. The highest BCUT2D eigenvalue weighted by Gasteiger charge is 2.38.